The summed E-state index contributed by atoms with van der Waals surface area (Å²) in [5, 5.41) is 19.2. The van der Waals surface area contributed by atoms with Gasteiger partial charge in [-0.2, -0.15) is 0 Å². The van der Waals surface area contributed by atoms with Crippen LogP contribution in [0.25, 0.3) is 0 Å². The smallest absolute Gasteiger partial charge is 0.307 e. The van der Waals surface area contributed by atoms with Gasteiger partial charge in [-0.1, -0.05) is 0 Å². The van der Waals surface area contributed by atoms with Crippen molar-refractivity contribution in [1.29, 1.82) is 0 Å². The van der Waals surface area contributed by atoms with Gasteiger partial charge in [-0.05, 0) is 6.07 Å². The predicted octanol–water partition coefficient (Wildman–Crippen LogP) is 0.942. The summed E-state index contributed by atoms with van der Waals surface area (Å²) in [4.78, 5) is 32.2. The van der Waals surface area contributed by atoms with Crippen molar-refractivity contribution in [2.75, 3.05) is 0 Å². The van der Waals surface area contributed by atoms with Crippen molar-refractivity contribution in [3.05, 3.63) is 33.9 Å². The summed E-state index contributed by atoms with van der Waals surface area (Å²) in [7, 11) is 0. The molecule has 0 saturated carbocycles. The third-order valence-electron chi connectivity index (χ3n) is 2.61. The van der Waals surface area contributed by atoms with Crippen LogP contribution in [0.3, 0.4) is 0 Å². The number of ketones is 1. The summed E-state index contributed by atoms with van der Waals surface area (Å²) < 4.78 is 5.24. The molecule has 1 aliphatic rings. The van der Waals surface area contributed by atoms with E-state index in [-0.39, 0.29) is 17.9 Å². The van der Waals surface area contributed by atoms with Gasteiger partial charge in [-0.25, -0.2) is 0 Å². The fraction of sp³-hybridized carbons (Fsp3) is 0.273. The Balaban J connectivity index is 2.27. The highest BCUT2D eigenvalue weighted by atomic mass is 16.6. The van der Waals surface area contributed by atoms with E-state index >= 15 is 0 Å². The van der Waals surface area contributed by atoms with Crippen LogP contribution < -0.4 is 4.74 Å². The number of hydrogen-bond donors (Lipinski definition) is 1. The third kappa shape index (κ3) is 2.29. The van der Waals surface area contributed by atoms with Crippen LogP contribution in [0.2, 0.25) is 0 Å². The lowest BCUT2D eigenvalue weighted by atomic mass is 9.99. The molecule has 18 heavy (non-hydrogen) atoms. The molecule has 1 N–H and O–H groups in total. The van der Waals surface area contributed by atoms with E-state index in [2.05, 4.69) is 0 Å². The number of carbonyl (C=O) groups excluding carboxylic acids is 1. The van der Waals surface area contributed by atoms with Crippen molar-refractivity contribution in [3.63, 3.8) is 0 Å². The molecule has 1 aromatic carbocycles. The number of carbonyl (C=O) groups is 2. The van der Waals surface area contributed by atoms with E-state index in [4.69, 9.17) is 9.84 Å². The molecule has 0 fully saturated rings. The third-order valence-corrected chi connectivity index (χ3v) is 2.61. The Morgan fingerprint density at radius 2 is 2.28 bits per heavy atom. The average molecular weight is 251 g/mol. The standard InChI is InChI=1S/C11H9NO6/c13-8-4-6-3-7(12(16)17)1-2-9(6)18-10(8)5-11(14)15/h1-3,10H,4-5H2,(H,14,15). The molecule has 1 aromatic rings. The van der Waals surface area contributed by atoms with Crippen LogP contribution in [0.4, 0.5) is 5.69 Å². The molecule has 1 unspecified atom stereocenters. The van der Waals surface area contributed by atoms with E-state index in [0.717, 1.165) is 0 Å². The van der Waals surface area contributed by atoms with Crippen LogP contribution >= 0.6 is 0 Å². The molecule has 2 rings (SSSR count). The highest BCUT2D eigenvalue weighted by Gasteiger charge is 2.30. The van der Waals surface area contributed by atoms with Crippen LogP contribution in [0.1, 0.15) is 12.0 Å². The average Bonchev–Trinajstić information content (AvgIpc) is 2.28. The van der Waals surface area contributed by atoms with E-state index in [1.54, 1.807) is 0 Å². The number of benzene rings is 1. The van der Waals surface area contributed by atoms with Crippen LogP contribution in [0, 0.1) is 10.1 Å². The molecule has 0 saturated heterocycles. The number of nitro groups is 1. The Morgan fingerprint density at radius 1 is 1.56 bits per heavy atom. The minimum atomic E-state index is -1.13. The molecule has 1 atom stereocenters. The van der Waals surface area contributed by atoms with E-state index in [1.165, 1.54) is 18.2 Å². The minimum absolute atomic E-state index is 0.0467. The monoisotopic (exact) mass is 251 g/mol. The van der Waals surface area contributed by atoms with Gasteiger partial charge in [-0.3, -0.25) is 19.7 Å². The predicted molar refractivity (Wildman–Crippen MR) is 58.5 cm³/mol. The molecule has 0 aliphatic carbocycles. The molecule has 7 heteroatoms. The van der Waals surface area contributed by atoms with Crippen molar-refractivity contribution in [3.8, 4) is 5.75 Å². The summed E-state index contributed by atoms with van der Waals surface area (Å²) >= 11 is 0. The Bertz CT molecular complexity index is 538. The van der Waals surface area contributed by atoms with E-state index in [1.807, 2.05) is 0 Å². The van der Waals surface area contributed by atoms with E-state index in [9.17, 15) is 19.7 Å². The van der Waals surface area contributed by atoms with Gasteiger partial charge < -0.3 is 9.84 Å². The Labute approximate surface area is 101 Å². The molecule has 1 aliphatic heterocycles. The molecular formula is C11H9NO6. The second-order valence-electron chi connectivity index (χ2n) is 3.90. The number of hydrogen-bond acceptors (Lipinski definition) is 5. The van der Waals surface area contributed by atoms with Crippen LogP contribution in [-0.4, -0.2) is 27.9 Å². The maximum atomic E-state index is 11.6. The van der Waals surface area contributed by atoms with Gasteiger partial charge in [0.05, 0.1) is 11.3 Å². The number of ether oxygens (including phenoxy) is 1. The number of non-ortho nitro benzene ring substituents is 1. The van der Waals surface area contributed by atoms with Crippen molar-refractivity contribution >= 4 is 17.4 Å². The lowest BCUT2D eigenvalue weighted by Crippen LogP contribution is -2.35. The van der Waals surface area contributed by atoms with Crippen molar-refractivity contribution in [1.82, 2.24) is 0 Å². The normalized spacial score (nSPS) is 17.8. The first-order valence-corrected chi connectivity index (χ1v) is 5.16. The van der Waals surface area contributed by atoms with Crippen molar-refractivity contribution in [2.45, 2.75) is 18.9 Å². The van der Waals surface area contributed by atoms with Crippen molar-refractivity contribution in [2.24, 2.45) is 0 Å². The molecule has 0 amide bonds. The van der Waals surface area contributed by atoms with Gasteiger partial charge in [-0.15, -0.1) is 0 Å². The topological polar surface area (TPSA) is 107 Å². The Morgan fingerprint density at radius 3 is 2.89 bits per heavy atom. The fourth-order valence-electron chi connectivity index (χ4n) is 1.77. The summed E-state index contributed by atoms with van der Waals surface area (Å²) in [5.41, 5.74) is 0.290. The fourth-order valence-corrected chi connectivity index (χ4v) is 1.77. The van der Waals surface area contributed by atoms with Crippen LogP contribution in [0.15, 0.2) is 18.2 Å². The highest BCUT2D eigenvalue weighted by molar-refractivity contribution is 5.90. The molecule has 94 valence electrons. The quantitative estimate of drug-likeness (QED) is 0.632. The summed E-state index contributed by atoms with van der Waals surface area (Å²) in [6, 6.07) is 3.91. The number of carboxylic acids is 1. The number of Topliss-reactive ketones (excluding diaryl/α,β-unsaturated/α-hetero) is 1. The second kappa shape index (κ2) is 4.44. The molecule has 0 radical (unpaired) electrons. The second-order valence-corrected chi connectivity index (χ2v) is 3.90. The lowest BCUT2D eigenvalue weighted by Gasteiger charge is -2.23. The molecular weight excluding hydrogens is 242 g/mol. The molecule has 0 aromatic heterocycles. The van der Waals surface area contributed by atoms with Crippen LogP contribution in [0.5, 0.6) is 5.75 Å². The van der Waals surface area contributed by atoms with E-state index < -0.39 is 23.4 Å². The zero-order chi connectivity index (χ0) is 13.3. The zero-order valence-electron chi connectivity index (χ0n) is 9.16. The first-order valence-electron chi connectivity index (χ1n) is 5.16. The highest BCUT2D eigenvalue weighted by Crippen LogP contribution is 2.30. The SMILES string of the molecule is O=C(O)CC1Oc2ccc([N+](=O)[O-])cc2CC1=O. The van der Waals surface area contributed by atoms with Crippen molar-refractivity contribution < 1.29 is 24.4 Å². The first kappa shape index (κ1) is 12.0. The number of nitrogens with zero attached hydrogens (tertiary/aromatic N) is 1. The molecule has 7 nitrogen and oxygen atoms in total. The summed E-state index contributed by atoms with van der Waals surface area (Å²) in [6.45, 7) is 0. The van der Waals surface area contributed by atoms with E-state index in [0.29, 0.717) is 11.3 Å². The number of fused-ring (bicyclic) bond motifs is 1. The zero-order valence-corrected chi connectivity index (χ0v) is 9.16. The van der Waals surface area contributed by atoms with Gasteiger partial charge in [0.25, 0.3) is 5.69 Å². The summed E-state index contributed by atoms with van der Waals surface area (Å²) in [6.07, 6.45) is -1.47. The number of rotatable bonds is 3. The first-order chi connectivity index (χ1) is 8.47. The maximum absolute atomic E-state index is 11.6. The van der Waals surface area contributed by atoms with Gasteiger partial charge >= 0.3 is 5.97 Å². The largest absolute Gasteiger partial charge is 0.482 e. The Hall–Kier alpha value is -2.44. The number of carboxylic acid groups (broad SMARTS) is 1. The minimum Gasteiger partial charge on any atom is -0.482 e. The number of aliphatic carboxylic acids is 1. The molecule has 1 heterocycles. The lowest BCUT2D eigenvalue weighted by molar-refractivity contribution is -0.384. The number of nitro benzene ring substituents is 1. The maximum Gasteiger partial charge on any atom is 0.307 e. The van der Waals surface area contributed by atoms with Gasteiger partial charge in [0.2, 0.25) is 0 Å². The van der Waals surface area contributed by atoms with Gasteiger partial charge in [0.1, 0.15) is 5.75 Å². The van der Waals surface area contributed by atoms with Crippen LogP contribution in [-0.2, 0) is 16.0 Å². The molecule has 0 bridgehead atoms. The van der Waals surface area contributed by atoms with Gasteiger partial charge in [0.15, 0.2) is 11.9 Å². The van der Waals surface area contributed by atoms with Gasteiger partial charge in [0, 0.05) is 24.1 Å². The Kier molecular flexibility index (Phi) is 2.97. The molecule has 0 spiro atoms. The summed E-state index contributed by atoms with van der Waals surface area (Å²) in [5.74, 6) is -1.18.